The van der Waals surface area contributed by atoms with Crippen molar-refractivity contribution in [2.45, 2.75) is 49.0 Å². The molecule has 174 valence electrons. The number of sulfonamides is 1. The Labute approximate surface area is 197 Å². The van der Waals surface area contributed by atoms with E-state index in [1.807, 2.05) is 25.1 Å². The minimum absolute atomic E-state index is 0.114. The fourth-order valence-electron chi connectivity index (χ4n) is 3.62. The predicted molar refractivity (Wildman–Crippen MR) is 131 cm³/mol. The van der Waals surface area contributed by atoms with Crippen LogP contribution in [0.3, 0.4) is 0 Å². The highest BCUT2D eigenvalue weighted by molar-refractivity contribution is 7.98. The Bertz CT molecular complexity index is 1490. The Balaban J connectivity index is 1.71. The van der Waals surface area contributed by atoms with E-state index in [4.69, 9.17) is 4.98 Å². The van der Waals surface area contributed by atoms with E-state index in [2.05, 4.69) is 16.5 Å². The van der Waals surface area contributed by atoms with Crippen molar-refractivity contribution >= 4 is 38.5 Å². The van der Waals surface area contributed by atoms with Crippen LogP contribution in [0.2, 0.25) is 0 Å². The molecule has 3 aromatic heterocycles. The van der Waals surface area contributed by atoms with Crippen LogP contribution < -0.4 is 5.56 Å². The molecule has 4 rings (SSSR count). The highest BCUT2D eigenvalue weighted by atomic mass is 32.2. The number of aromatic nitrogens is 4. The van der Waals surface area contributed by atoms with Gasteiger partial charge >= 0.3 is 0 Å². The Morgan fingerprint density at radius 1 is 1.12 bits per heavy atom. The maximum Gasteiger partial charge on any atom is 0.258 e. The van der Waals surface area contributed by atoms with Crippen LogP contribution in [-0.4, -0.2) is 45.8 Å². The lowest BCUT2D eigenvalue weighted by Crippen LogP contribution is -2.22. The summed E-state index contributed by atoms with van der Waals surface area (Å²) < 4.78 is 30.0. The van der Waals surface area contributed by atoms with E-state index < -0.39 is 10.0 Å². The molecule has 0 amide bonds. The molecule has 10 heteroatoms. The first kappa shape index (κ1) is 23.5. The van der Waals surface area contributed by atoms with Crippen molar-refractivity contribution in [3.8, 4) is 0 Å². The van der Waals surface area contributed by atoms with Crippen LogP contribution >= 0.6 is 11.8 Å². The first-order chi connectivity index (χ1) is 15.7. The summed E-state index contributed by atoms with van der Waals surface area (Å²) in [6.45, 7) is 4.84. The predicted octanol–water partition coefficient (Wildman–Crippen LogP) is 3.70. The van der Waals surface area contributed by atoms with Crippen LogP contribution in [0, 0.1) is 6.92 Å². The zero-order valence-corrected chi connectivity index (χ0v) is 20.8. The number of hydrogen-bond acceptors (Lipinski definition) is 6. The van der Waals surface area contributed by atoms with E-state index in [0.29, 0.717) is 22.6 Å². The largest absolute Gasteiger partial charge is 0.319 e. The molecule has 0 aliphatic carbocycles. The summed E-state index contributed by atoms with van der Waals surface area (Å²) in [7, 11) is -0.513. The van der Waals surface area contributed by atoms with Gasteiger partial charge in [-0.2, -0.15) is 0 Å². The quantitative estimate of drug-likeness (QED) is 0.354. The van der Waals surface area contributed by atoms with Gasteiger partial charge in [0, 0.05) is 38.7 Å². The van der Waals surface area contributed by atoms with E-state index in [0.717, 1.165) is 35.6 Å². The third-order valence-corrected chi connectivity index (χ3v) is 8.31. The van der Waals surface area contributed by atoms with Gasteiger partial charge in [0.15, 0.2) is 5.16 Å². The van der Waals surface area contributed by atoms with Gasteiger partial charge in [-0.3, -0.25) is 9.20 Å². The van der Waals surface area contributed by atoms with Crippen LogP contribution in [0.15, 0.2) is 57.4 Å². The third kappa shape index (κ3) is 4.55. The number of fused-ring (bicyclic) bond motifs is 2. The van der Waals surface area contributed by atoms with Crippen molar-refractivity contribution in [3.05, 3.63) is 64.2 Å². The van der Waals surface area contributed by atoms with E-state index in [-0.39, 0.29) is 10.5 Å². The molecule has 0 atom stereocenters. The molecular formula is C23H27N5O3S2. The SMILES string of the molecule is CCCCn1c(SCc2cc(=O)n3cccc(C)c3n2)nc2cc(S(=O)(=O)N(C)C)ccc21. The maximum atomic E-state index is 12.6. The van der Waals surface area contributed by atoms with Gasteiger partial charge in [0.25, 0.3) is 5.56 Å². The molecule has 0 saturated carbocycles. The number of hydrogen-bond donors (Lipinski definition) is 0. The average molecular weight is 486 g/mol. The van der Waals surface area contributed by atoms with Gasteiger partial charge in [-0.25, -0.2) is 22.7 Å². The minimum Gasteiger partial charge on any atom is -0.319 e. The second kappa shape index (κ2) is 9.28. The number of rotatable bonds is 8. The monoisotopic (exact) mass is 485 g/mol. The molecule has 0 bridgehead atoms. The summed E-state index contributed by atoms with van der Waals surface area (Å²) in [5.74, 6) is 0.484. The van der Waals surface area contributed by atoms with Gasteiger partial charge in [-0.05, 0) is 43.2 Å². The van der Waals surface area contributed by atoms with Crippen molar-refractivity contribution in [1.29, 1.82) is 0 Å². The lowest BCUT2D eigenvalue weighted by Gasteiger charge is -2.11. The number of pyridine rings is 1. The normalized spacial score (nSPS) is 12.3. The molecule has 0 N–H and O–H groups in total. The zero-order valence-electron chi connectivity index (χ0n) is 19.1. The minimum atomic E-state index is -3.54. The fraction of sp³-hybridized carbons (Fsp3) is 0.348. The summed E-state index contributed by atoms with van der Waals surface area (Å²) in [5, 5.41) is 0.782. The van der Waals surface area contributed by atoms with Gasteiger partial charge in [0.2, 0.25) is 10.0 Å². The molecule has 3 heterocycles. The molecule has 0 aliphatic rings. The topological polar surface area (TPSA) is 89.6 Å². The van der Waals surface area contributed by atoms with Crippen LogP contribution in [0.4, 0.5) is 0 Å². The van der Waals surface area contributed by atoms with Crippen molar-refractivity contribution < 1.29 is 8.42 Å². The highest BCUT2D eigenvalue weighted by Gasteiger charge is 2.20. The molecule has 0 spiro atoms. The molecule has 33 heavy (non-hydrogen) atoms. The molecule has 0 unspecified atom stereocenters. The second-order valence-electron chi connectivity index (χ2n) is 8.10. The van der Waals surface area contributed by atoms with Gasteiger partial charge in [-0.15, -0.1) is 0 Å². The number of unbranched alkanes of at least 4 members (excludes halogenated alkanes) is 1. The van der Waals surface area contributed by atoms with E-state index in [1.54, 1.807) is 28.8 Å². The van der Waals surface area contributed by atoms with Crippen molar-refractivity contribution in [2.75, 3.05) is 14.1 Å². The number of imidazole rings is 1. The number of aryl methyl sites for hydroxylation is 2. The zero-order chi connectivity index (χ0) is 23.8. The summed E-state index contributed by atoms with van der Waals surface area (Å²) >= 11 is 1.50. The van der Waals surface area contributed by atoms with E-state index >= 15 is 0 Å². The molecular weight excluding hydrogens is 458 g/mol. The van der Waals surface area contributed by atoms with Crippen LogP contribution in [0.1, 0.15) is 31.0 Å². The lowest BCUT2D eigenvalue weighted by atomic mass is 10.3. The Kier molecular flexibility index (Phi) is 6.60. The van der Waals surface area contributed by atoms with Gasteiger partial charge in [-0.1, -0.05) is 31.2 Å². The van der Waals surface area contributed by atoms with Crippen molar-refractivity contribution in [3.63, 3.8) is 0 Å². The van der Waals surface area contributed by atoms with Crippen molar-refractivity contribution in [2.24, 2.45) is 0 Å². The number of thioether (sulfide) groups is 1. The molecule has 8 nitrogen and oxygen atoms in total. The van der Waals surface area contributed by atoms with Gasteiger partial charge in [0.1, 0.15) is 5.65 Å². The highest BCUT2D eigenvalue weighted by Crippen LogP contribution is 2.29. The summed E-state index contributed by atoms with van der Waals surface area (Å²) in [6.07, 6.45) is 3.73. The smallest absolute Gasteiger partial charge is 0.258 e. The summed E-state index contributed by atoms with van der Waals surface area (Å²) in [4.78, 5) is 22.2. The third-order valence-electron chi connectivity index (χ3n) is 5.49. The van der Waals surface area contributed by atoms with Crippen molar-refractivity contribution in [1.82, 2.24) is 23.2 Å². The van der Waals surface area contributed by atoms with Crippen LogP contribution in [-0.2, 0) is 22.3 Å². The Morgan fingerprint density at radius 3 is 2.64 bits per heavy atom. The number of benzene rings is 1. The maximum absolute atomic E-state index is 12.6. The lowest BCUT2D eigenvalue weighted by molar-refractivity contribution is 0.521. The van der Waals surface area contributed by atoms with Crippen LogP contribution in [0.5, 0.6) is 0 Å². The van der Waals surface area contributed by atoms with E-state index in [1.165, 1.54) is 30.2 Å². The molecule has 0 fully saturated rings. The standard InChI is InChI=1S/C23H27N5O3S2/c1-5-6-11-27-20-10-9-18(33(30,31)26(3)4)14-19(20)25-23(27)32-15-17-13-21(29)28-12-7-8-16(2)22(28)24-17/h7-10,12-14H,5-6,11,15H2,1-4H3. The molecule has 4 aromatic rings. The summed E-state index contributed by atoms with van der Waals surface area (Å²) in [6, 6.07) is 10.4. The average Bonchev–Trinajstić information content (AvgIpc) is 3.13. The first-order valence-corrected chi connectivity index (χ1v) is 13.2. The Hall–Kier alpha value is -2.69. The fourth-order valence-corrected chi connectivity index (χ4v) is 5.48. The second-order valence-corrected chi connectivity index (χ2v) is 11.2. The molecule has 1 aromatic carbocycles. The number of nitrogens with zero attached hydrogens (tertiary/aromatic N) is 5. The van der Waals surface area contributed by atoms with Crippen LogP contribution in [0.25, 0.3) is 16.7 Å². The Morgan fingerprint density at radius 2 is 1.91 bits per heavy atom. The van der Waals surface area contributed by atoms with Gasteiger partial charge < -0.3 is 4.57 Å². The molecule has 0 saturated heterocycles. The molecule has 0 aliphatic heterocycles. The summed E-state index contributed by atoms with van der Waals surface area (Å²) in [5.41, 5.74) is 3.69. The van der Waals surface area contributed by atoms with Gasteiger partial charge in [0.05, 0.1) is 21.6 Å². The first-order valence-electron chi connectivity index (χ1n) is 10.8. The molecule has 0 radical (unpaired) electrons. The van der Waals surface area contributed by atoms with E-state index in [9.17, 15) is 13.2 Å².